The zero-order valence-electron chi connectivity index (χ0n) is 12.1. The molecule has 0 spiro atoms. The monoisotopic (exact) mass is 324 g/mol. The van der Waals surface area contributed by atoms with Gasteiger partial charge in [-0.05, 0) is 43.5 Å². The van der Waals surface area contributed by atoms with Crippen LogP contribution in [0.2, 0.25) is 0 Å². The molecule has 2 unspecified atom stereocenters. The fourth-order valence-electron chi connectivity index (χ4n) is 4.22. The third-order valence-electron chi connectivity index (χ3n) is 5.26. The molecule has 4 atom stereocenters. The van der Waals surface area contributed by atoms with Crippen LogP contribution in [0.1, 0.15) is 18.4 Å². The first-order valence-electron chi connectivity index (χ1n) is 7.66. The second-order valence-corrected chi connectivity index (χ2v) is 6.46. The van der Waals surface area contributed by atoms with Crippen LogP contribution in [0.15, 0.2) is 24.3 Å². The van der Waals surface area contributed by atoms with E-state index in [9.17, 15) is 22.8 Å². The summed E-state index contributed by atoms with van der Waals surface area (Å²) in [7, 11) is 0. The first-order valence-corrected chi connectivity index (χ1v) is 7.66. The van der Waals surface area contributed by atoms with Gasteiger partial charge in [0.1, 0.15) is 0 Å². The van der Waals surface area contributed by atoms with E-state index >= 15 is 0 Å². The number of carbonyl (C=O) groups excluding carboxylic acids is 2. The highest BCUT2D eigenvalue weighted by molar-refractivity contribution is 6.22. The van der Waals surface area contributed by atoms with Gasteiger partial charge in [-0.2, -0.15) is 13.2 Å². The Kier molecular flexibility index (Phi) is 3.07. The van der Waals surface area contributed by atoms with E-state index in [4.69, 9.17) is 0 Å². The number of rotatable bonds is 1. The van der Waals surface area contributed by atoms with E-state index in [0.29, 0.717) is 6.54 Å². The third kappa shape index (κ3) is 2.09. The lowest BCUT2D eigenvalue weighted by atomic mass is 9.67. The fourth-order valence-corrected chi connectivity index (χ4v) is 4.22. The summed E-state index contributed by atoms with van der Waals surface area (Å²) in [5, 5.41) is 3.27. The fraction of sp³-hybridized carbons (Fsp3) is 0.500. The quantitative estimate of drug-likeness (QED) is 0.806. The van der Waals surface area contributed by atoms with Crippen LogP contribution in [-0.2, 0) is 15.8 Å². The Balaban J connectivity index is 1.73. The molecule has 4 fully saturated rings. The van der Waals surface area contributed by atoms with Crippen molar-refractivity contribution in [3.05, 3.63) is 29.8 Å². The molecule has 1 saturated carbocycles. The van der Waals surface area contributed by atoms with Gasteiger partial charge in [-0.1, -0.05) is 6.07 Å². The van der Waals surface area contributed by atoms with E-state index in [1.165, 1.54) is 12.1 Å². The molecule has 4 aliphatic rings. The van der Waals surface area contributed by atoms with E-state index in [1.54, 1.807) is 0 Å². The highest BCUT2D eigenvalue weighted by atomic mass is 19.4. The van der Waals surface area contributed by atoms with E-state index in [1.807, 2.05) is 0 Å². The highest BCUT2D eigenvalue weighted by Crippen LogP contribution is 2.46. The number of imide groups is 1. The lowest BCUT2D eigenvalue weighted by molar-refractivity contribution is -0.137. The Morgan fingerprint density at radius 1 is 1.09 bits per heavy atom. The Morgan fingerprint density at radius 3 is 2.43 bits per heavy atom. The molecule has 0 aromatic heterocycles. The maximum Gasteiger partial charge on any atom is 0.416 e. The summed E-state index contributed by atoms with van der Waals surface area (Å²) in [5.41, 5.74) is -0.838. The predicted molar refractivity (Wildman–Crippen MR) is 75.4 cm³/mol. The average Bonchev–Trinajstić information content (AvgIpc) is 2.81. The third-order valence-corrected chi connectivity index (χ3v) is 5.26. The normalized spacial score (nSPS) is 33.3. The molecule has 1 aromatic rings. The number of benzene rings is 1. The molecule has 0 radical (unpaired) electrons. The van der Waals surface area contributed by atoms with Crippen molar-refractivity contribution in [2.24, 2.45) is 17.8 Å². The number of hydrogen-bond donors (Lipinski definition) is 1. The van der Waals surface area contributed by atoms with E-state index in [0.717, 1.165) is 29.9 Å². The Bertz CT molecular complexity index is 650. The van der Waals surface area contributed by atoms with Gasteiger partial charge < -0.3 is 5.32 Å². The van der Waals surface area contributed by atoms with Gasteiger partial charge in [0.25, 0.3) is 0 Å². The SMILES string of the molecule is O=C1[C@@H]2C3CCC(CN3)[C@@H]2C(=O)N1c1cccc(C(F)(F)F)c1. The van der Waals surface area contributed by atoms with Gasteiger partial charge in [-0.3, -0.25) is 9.59 Å². The van der Waals surface area contributed by atoms with Crippen molar-refractivity contribution < 1.29 is 22.8 Å². The predicted octanol–water partition coefficient (Wildman–Crippen LogP) is 2.19. The molecule has 2 amide bonds. The molecule has 3 heterocycles. The summed E-state index contributed by atoms with van der Waals surface area (Å²) < 4.78 is 38.6. The van der Waals surface area contributed by atoms with Crippen molar-refractivity contribution in [1.82, 2.24) is 5.32 Å². The molecule has 122 valence electrons. The highest BCUT2D eigenvalue weighted by Gasteiger charge is 2.58. The first-order chi connectivity index (χ1) is 10.9. The lowest BCUT2D eigenvalue weighted by Crippen LogP contribution is -2.56. The number of halogens is 3. The minimum Gasteiger partial charge on any atom is -0.313 e. The number of carbonyl (C=O) groups is 2. The van der Waals surface area contributed by atoms with E-state index in [-0.39, 0.29) is 29.5 Å². The Labute approximate surface area is 130 Å². The largest absolute Gasteiger partial charge is 0.416 e. The number of nitrogens with zero attached hydrogens (tertiary/aromatic N) is 1. The second kappa shape index (κ2) is 4.80. The van der Waals surface area contributed by atoms with Crippen LogP contribution < -0.4 is 10.2 Å². The van der Waals surface area contributed by atoms with Gasteiger partial charge in [0.05, 0.1) is 23.1 Å². The minimum atomic E-state index is -4.50. The molecular formula is C16H15F3N2O2. The lowest BCUT2D eigenvalue weighted by Gasteiger charge is -2.43. The van der Waals surface area contributed by atoms with Crippen LogP contribution in [0.4, 0.5) is 18.9 Å². The van der Waals surface area contributed by atoms with Gasteiger partial charge in [-0.25, -0.2) is 4.90 Å². The number of alkyl halides is 3. The zero-order valence-corrected chi connectivity index (χ0v) is 12.1. The summed E-state index contributed by atoms with van der Waals surface area (Å²) in [6.07, 6.45) is -2.79. The number of nitrogens with one attached hydrogen (secondary N) is 1. The molecule has 1 aliphatic carbocycles. The molecule has 3 aliphatic heterocycles. The molecule has 2 bridgehead atoms. The molecule has 1 N–H and O–H groups in total. The maximum absolute atomic E-state index is 12.9. The van der Waals surface area contributed by atoms with Gasteiger partial charge in [-0.15, -0.1) is 0 Å². The molecule has 3 saturated heterocycles. The van der Waals surface area contributed by atoms with Crippen LogP contribution in [0.3, 0.4) is 0 Å². The van der Waals surface area contributed by atoms with Crippen molar-refractivity contribution in [3.63, 3.8) is 0 Å². The van der Waals surface area contributed by atoms with Crippen molar-refractivity contribution in [3.8, 4) is 0 Å². The number of hydrogen-bond acceptors (Lipinski definition) is 3. The van der Waals surface area contributed by atoms with Crippen LogP contribution in [0.5, 0.6) is 0 Å². The van der Waals surface area contributed by atoms with Gasteiger partial charge in [0.2, 0.25) is 11.8 Å². The van der Waals surface area contributed by atoms with E-state index < -0.39 is 23.6 Å². The molecule has 7 heteroatoms. The van der Waals surface area contributed by atoms with Crippen LogP contribution >= 0.6 is 0 Å². The molecule has 4 nitrogen and oxygen atoms in total. The minimum absolute atomic E-state index is 0.0172. The van der Waals surface area contributed by atoms with Crippen LogP contribution in [0, 0.1) is 17.8 Å². The summed E-state index contributed by atoms with van der Waals surface area (Å²) in [6.45, 7) is 0.696. The van der Waals surface area contributed by atoms with E-state index in [2.05, 4.69) is 5.32 Å². The van der Waals surface area contributed by atoms with Gasteiger partial charge >= 0.3 is 6.18 Å². The average molecular weight is 324 g/mol. The molecule has 5 rings (SSSR count). The Morgan fingerprint density at radius 2 is 1.83 bits per heavy atom. The van der Waals surface area contributed by atoms with Crippen molar-refractivity contribution >= 4 is 17.5 Å². The van der Waals surface area contributed by atoms with Crippen molar-refractivity contribution in [2.75, 3.05) is 11.4 Å². The smallest absolute Gasteiger partial charge is 0.313 e. The summed E-state index contributed by atoms with van der Waals surface area (Å²) in [6, 6.07) is 4.39. The molecule has 23 heavy (non-hydrogen) atoms. The number of amides is 2. The molecular weight excluding hydrogens is 309 g/mol. The van der Waals surface area contributed by atoms with Crippen molar-refractivity contribution in [2.45, 2.75) is 25.1 Å². The van der Waals surface area contributed by atoms with Crippen LogP contribution in [0.25, 0.3) is 0 Å². The van der Waals surface area contributed by atoms with Gasteiger partial charge in [0, 0.05) is 6.04 Å². The first kappa shape index (κ1) is 14.7. The van der Waals surface area contributed by atoms with Gasteiger partial charge in [0.15, 0.2) is 0 Å². The molecule has 1 aromatic carbocycles. The second-order valence-electron chi connectivity index (χ2n) is 6.46. The number of anilines is 1. The van der Waals surface area contributed by atoms with Crippen molar-refractivity contribution in [1.29, 1.82) is 0 Å². The maximum atomic E-state index is 12.9. The standard InChI is InChI=1S/C16H15F3N2O2/c17-16(18,19)9-2-1-3-10(6-9)21-14(22)12-8-4-5-11(20-7-8)13(12)15(21)23/h1-3,6,8,11-13,20H,4-5,7H2/t8?,11?,12-,13+/m0/s1. The Hall–Kier alpha value is -1.89. The van der Waals surface area contributed by atoms with Crippen LogP contribution in [-0.4, -0.2) is 24.4 Å². The topological polar surface area (TPSA) is 49.4 Å². The zero-order chi connectivity index (χ0) is 16.4. The summed E-state index contributed by atoms with van der Waals surface area (Å²) in [4.78, 5) is 26.3. The number of piperidine rings is 2. The summed E-state index contributed by atoms with van der Waals surface area (Å²) in [5.74, 6) is -1.46. The number of fused-ring (bicyclic) bond motifs is 2. The summed E-state index contributed by atoms with van der Waals surface area (Å²) >= 11 is 0.